The lowest BCUT2D eigenvalue weighted by atomic mass is 10.0. The number of methoxy groups -OCH3 is 1. The lowest BCUT2D eigenvalue weighted by molar-refractivity contribution is -0.149. The quantitative estimate of drug-likeness (QED) is 0.581. The standard InChI is InChI=1S/C20H25NO6/c1-14-5-3-4-8-21(14)18(22)13-27-19(23)7-6-15-11-16(24-2)20-17(12-15)25-9-10-26-20/h6-7,11-12,14H,3-5,8-10,13H2,1-2H3/b7-6+/t14-/m1/s1. The molecule has 1 aromatic carbocycles. The fourth-order valence-electron chi connectivity index (χ4n) is 3.29. The van der Waals surface area contributed by atoms with Crippen LogP contribution in [0.15, 0.2) is 18.2 Å². The second-order valence-corrected chi connectivity index (χ2v) is 6.62. The number of nitrogens with zero attached hydrogens (tertiary/aromatic N) is 1. The zero-order valence-electron chi connectivity index (χ0n) is 15.7. The van der Waals surface area contributed by atoms with Gasteiger partial charge in [-0.25, -0.2) is 4.79 Å². The molecule has 1 fully saturated rings. The number of amides is 1. The Bertz CT molecular complexity index is 712. The van der Waals surface area contributed by atoms with Crippen molar-refractivity contribution in [3.63, 3.8) is 0 Å². The highest BCUT2D eigenvalue weighted by Gasteiger charge is 2.23. The largest absolute Gasteiger partial charge is 0.493 e. The first kappa shape index (κ1) is 19.1. The van der Waals surface area contributed by atoms with E-state index in [1.165, 1.54) is 6.08 Å². The van der Waals surface area contributed by atoms with Gasteiger partial charge in [-0.15, -0.1) is 0 Å². The Morgan fingerprint density at radius 2 is 2.07 bits per heavy atom. The molecule has 0 radical (unpaired) electrons. The summed E-state index contributed by atoms with van der Waals surface area (Å²) in [5.41, 5.74) is 0.712. The maximum Gasteiger partial charge on any atom is 0.331 e. The Labute approximate surface area is 158 Å². The van der Waals surface area contributed by atoms with Crippen LogP contribution in [0.4, 0.5) is 0 Å². The van der Waals surface area contributed by atoms with Crippen molar-refractivity contribution in [2.75, 3.05) is 33.5 Å². The van der Waals surface area contributed by atoms with Gasteiger partial charge in [-0.2, -0.15) is 0 Å². The van der Waals surface area contributed by atoms with Crippen LogP contribution in [-0.2, 0) is 14.3 Å². The zero-order chi connectivity index (χ0) is 19.2. The second-order valence-electron chi connectivity index (χ2n) is 6.62. The summed E-state index contributed by atoms with van der Waals surface area (Å²) in [5.74, 6) is 0.953. The van der Waals surface area contributed by atoms with Crippen molar-refractivity contribution in [1.82, 2.24) is 4.90 Å². The van der Waals surface area contributed by atoms with Gasteiger partial charge in [0.15, 0.2) is 18.1 Å². The fourth-order valence-corrected chi connectivity index (χ4v) is 3.29. The van der Waals surface area contributed by atoms with E-state index in [0.717, 1.165) is 25.8 Å². The molecule has 2 aliphatic heterocycles. The first-order valence-electron chi connectivity index (χ1n) is 9.20. The molecule has 0 unspecified atom stereocenters. The second kappa shape index (κ2) is 8.79. The average molecular weight is 375 g/mol. The summed E-state index contributed by atoms with van der Waals surface area (Å²) in [7, 11) is 1.54. The summed E-state index contributed by atoms with van der Waals surface area (Å²) in [6.45, 7) is 3.44. The fraction of sp³-hybridized carbons (Fsp3) is 0.500. The maximum atomic E-state index is 12.2. The smallest absolute Gasteiger partial charge is 0.331 e. The van der Waals surface area contributed by atoms with Crippen LogP contribution >= 0.6 is 0 Å². The van der Waals surface area contributed by atoms with E-state index < -0.39 is 5.97 Å². The van der Waals surface area contributed by atoms with E-state index in [-0.39, 0.29) is 18.6 Å². The number of fused-ring (bicyclic) bond motifs is 1. The van der Waals surface area contributed by atoms with Gasteiger partial charge in [0.05, 0.1) is 7.11 Å². The van der Waals surface area contributed by atoms with Crippen molar-refractivity contribution < 1.29 is 28.5 Å². The zero-order valence-corrected chi connectivity index (χ0v) is 15.7. The third-order valence-corrected chi connectivity index (χ3v) is 4.72. The number of benzene rings is 1. The van der Waals surface area contributed by atoms with E-state index in [4.69, 9.17) is 18.9 Å². The van der Waals surface area contributed by atoms with Gasteiger partial charge in [0.2, 0.25) is 5.75 Å². The molecule has 0 bridgehead atoms. The van der Waals surface area contributed by atoms with Crippen LogP contribution in [0.3, 0.4) is 0 Å². The minimum Gasteiger partial charge on any atom is -0.493 e. The predicted octanol–water partition coefficient (Wildman–Crippen LogP) is 2.42. The van der Waals surface area contributed by atoms with Crippen LogP contribution < -0.4 is 14.2 Å². The molecule has 0 spiro atoms. The molecule has 1 saturated heterocycles. The van der Waals surface area contributed by atoms with Gasteiger partial charge < -0.3 is 23.8 Å². The SMILES string of the molecule is COc1cc(/C=C/C(=O)OCC(=O)N2CCCC[C@H]2C)cc2c1OCCO2. The highest BCUT2D eigenvalue weighted by molar-refractivity contribution is 5.89. The van der Waals surface area contributed by atoms with Gasteiger partial charge in [0.25, 0.3) is 5.91 Å². The number of carbonyl (C=O) groups is 2. The molecule has 2 heterocycles. The third kappa shape index (κ3) is 4.72. The maximum absolute atomic E-state index is 12.2. The summed E-state index contributed by atoms with van der Waals surface area (Å²) in [4.78, 5) is 26.0. The van der Waals surface area contributed by atoms with Gasteiger partial charge in [-0.05, 0) is 50.0 Å². The minimum atomic E-state index is -0.568. The number of ether oxygens (including phenoxy) is 4. The van der Waals surface area contributed by atoms with Crippen LogP contribution in [0.1, 0.15) is 31.7 Å². The molecule has 7 heteroatoms. The first-order valence-corrected chi connectivity index (χ1v) is 9.20. The van der Waals surface area contributed by atoms with Gasteiger partial charge in [0, 0.05) is 18.7 Å². The summed E-state index contributed by atoms with van der Waals surface area (Å²) >= 11 is 0. The van der Waals surface area contributed by atoms with Crippen molar-refractivity contribution in [3.05, 3.63) is 23.8 Å². The van der Waals surface area contributed by atoms with E-state index >= 15 is 0 Å². The molecule has 146 valence electrons. The molecule has 2 aliphatic rings. The molecule has 0 N–H and O–H groups in total. The Balaban J connectivity index is 1.57. The number of rotatable bonds is 5. The lowest BCUT2D eigenvalue weighted by Crippen LogP contribution is -2.44. The summed E-state index contributed by atoms with van der Waals surface area (Å²) in [5, 5.41) is 0. The Kier molecular flexibility index (Phi) is 6.21. The Morgan fingerprint density at radius 3 is 2.85 bits per heavy atom. The first-order chi connectivity index (χ1) is 13.1. The van der Waals surface area contributed by atoms with Crippen LogP contribution in [-0.4, -0.2) is 56.3 Å². The van der Waals surface area contributed by atoms with Crippen LogP contribution in [0.2, 0.25) is 0 Å². The van der Waals surface area contributed by atoms with E-state index in [0.29, 0.717) is 36.0 Å². The minimum absolute atomic E-state index is 0.148. The molecule has 0 saturated carbocycles. The lowest BCUT2D eigenvalue weighted by Gasteiger charge is -2.33. The van der Waals surface area contributed by atoms with E-state index in [9.17, 15) is 9.59 Å². The Morgan fingerprint density at radius 1 is 1.26 bits per heavy atom. The highest BCUT2D eigenvalue weighted by atomic mass is 16.6. The van der Waals surface area contributed by atoms with E-state index in [1.54, 1.807) is 30.2 Å². The monoisotopic (exact) mass is 375 g/mol. The van der Waals surface area contributed by atoms with Crippen molar-refractivity contribution in [2.45, 2.75) is 32.2 Å². The van der Waals surface area contributed by atoms with Gasteiger partial charge in [-0.3, -0.25) is 4.79 Å². The van der Waals surface area contributed by atoms with Gasteiger partial charge in [-0.1, -0.05) is 0 Å². The number of hydrogen-bond acceptors (Lipinski definition) is 6. The molecule has 1 aromatic rings. The summed E-state index contributed by atoms with van der Waals surface area (Å²) in [6.07, 6.45) is 6.00. The Hall–Kier alpha value is -2.70. The molecule has 1 amide bonds. The molecular weight excluding hydrogens is 350 g/mol. The van der Waals surface area contributed by atoms with Gasteiger partial charge in [0.1, 0.15) is 13.2 Å². The predicted molar refractivity (Wildman–Crippen MR) is 99.0 cm³/mol. The molecule has 0 aromatic heterocycles. The van der Waals surface area contributed by atoms with E-state index in [2.05, 4.69) is 0 Å². The molecule has 3 rings (SSSR count). The van der Waals surface area contributed by atoms with Gasteiger partial charge >= 0.3 is 5.97 Å². The topological polar surface area (TPSA) is 74.3 Å². The number of hydrogen-bond donors (Lipinski definition) is 0. The van der Waals surface area contributed by atoms with Crippen LogP contribution in [0.25, 0.3) is 6.08 Å². The van der Waals surface area contributed by atoms with Crippen molar-refractivity contribution in [2.24, 2.45) is 0 Å². The summed E-state index contributed by atoms with van der Waals surface area (Å²) < 4.78 is 21.5. The molecule has 1 atom stereocenters. The summed E-state index contributed by atoms with van der Waals surface area (Å²) in [6, 6.07) is 3.71. The molecule has 27 heavy (non-hydrogen) atoms. The number of esters is 1. The van der Waals surface area contributed by atoms with Crippen LogP contribution in [0, 0.1) is 0 Å². The molecule has 0 aliphatic carbocycles. The number of carbonyl (C=O) groups excluding carboxylic acids is 2. The molecular formula is C20H25NO6. The van der Waals surface area contributed by atoms with E-state index in [1.807, 2.05) is 6.92 Å². The van der Waals surface area contributed by atoms with Crippen LogP contribution in [0.5, 0.6) is 17.2 Å². The number of piperidine rings is 1. The third-order valence-electron chi connectivity index (χ3n) is 4.72. The highest BCUT2D eigenvalue weighted by Crippen LogP contribution is 2.40. The number of likely N-dealkylation sites (tertiary alicyclic amines) is 1. The van der Waals surface area contributed by atoms with Crippen molar-refractivity contribution in [1.29, 1.82) is 0 Å². The van der Waals surface area contributed by atoms with Crippen molar-refractivity contribution >= 4 is 18.0 Å². The molecule has 7 nitrogen and oxygen atoms in total. The normalized spacial score (nSPS) is 19.0. The van der Waals surface area contributed by atoms with Crippen molar-refractivity contribution in [3.8, 4) is 17.2 Å². The average Bonchev–Trinajstić information content (AvgIpc) is 2.70.